The van der Waals surface area contributed by atoms with Crippen LogP contribution in [0.3, 0.4) is 0 Å². The first kappa shape index (κ1) is 16.3. The lowest BCUT2D eigenvalue weighted by molar-refractivity contribution is -0.0454. The minimum atomic E-state index is 0.100. The maximum absolute atomic E-state index is 6.24. The number of likely N-dealkylation sites (N-methyl/N-ethyl adjacent to an activating group) is 1. The molecule has 2 saturated heterocycles. The number of methoxy groups -OCH3 is 1. The molecule has 0 amide bonds. The topological polar surface area (TPSA) is 50.7 Å². The van der Waals surface area contributed by atoms with E-state index in [4.69, 9.17) is 9.47 Å². The molecule has 0 bridgehead atoms. The minimum absolute atomic E-state index is 0.100. The lowest BCUT2D eigenvalue weighted by Crippen LogP contribution is -2.44. The standard InChI is InChI=1S/C15H26N4O2S/c1-18(7-8-20-2)14-9-15(21-11-14)3-5-19(6-4-15)10-13-12-22-17-16-13/h12,14H,3-11H2,1-2H3. The maximum atomic E-state index is 6.24. The SMILES string of the molecule is COCCN(C)C1COC2(CCN(Cc3csnn3)CC2)C1. The number of piperidine rings is 1. The normalized spacial score (nSPS) is 25.3. The van der Waals surface area contributed by atoms with Gasteiger partial charge in [0.2, 0.25) is 0 Å². The summed E-state index contributed by atoms with van der Waals surface area (Å²) < 4.78 is 15.4. The van der Waals surface area contributed by atoms with Gasteiger partial charge in [0.1, 0.15) is 0 Å². The molecule has 2 aliphatic heterocycles. The van der Waals surface area contributed by atoms with E-state index in [1.165, 1.54) is 11.5 Å². The number of ether oxygens (including phenoxy) is 2. The third-order valence-electron chi connectivity index (χ3n) is 5.02. The molecule has 1 aromatic rings. The number of hydrogen-bond donors (Lipinski definition) is 0. The fourth-order valence-corrected chi connectivity index (χ4v) is 3.91. The molecule has 0 N–H and O–H groups in total. The van der Waals surface area contributed by atoms with Crippen molar-refractivity contribution in [2.45, 2.75) is 37.5 Å². The fraction of sp³-hybridized carbons (Fsp3) is 0.867. The zero-order valence-corrected chi connectivity index (χ0v) is 14.3. The second-order valence-electron chi connectivity index (χ2n) is 6.50. The average Bonchev–Trinajstić information content (AvgIpc) is 3.18. The minimum Gasteiger partial charge on any atom is -0.383 e. The van der Waals surface area contributed by atoms with Gasteiger partial charge in [-0.25, -0.2) is 0 Å². The van der Waals surface area contributed by atoms with E-state index in [2.05, 4.69) is 26.4 Å². The molecule has 1 aromatic heterocycles. The molecule has 0 aliphatic carbocycles. The lowest BCUT2D eigenvalue weighted by atomic mass is 9.87. The van der Waals surface area contributed by atoms with E-state index in [9.17, 15) is 0 Å². The van der Waals surface area contributed by atoms with Gasteiger partial charge in [-0.2, -0.15) is 0 Å². The monoisotopic (exact) mass is 326 g/mol. The third-order valence-corrected chi connectivity index (χ3v) is 5.57. The van der Waals surface area contributed by atoms with Crippen LogP contribution in [0.1, 0.15) is 25.0 Å². The molecule has 7 heteroatoms. The second-order valence-corrected chi connectivity index (χ2v) is 7.11. The van der Waals surface area contributed by atoms with Crippen molar-refractivity contribution < 1.29 is 9.47 Å². The first-order chi connectivity index (χ1) is 10.7. The molecular formula is C15H26N4O2S. The van der Waals surface area contributed by atoms with Crippen LogP contribution in [0.15, 0.2) is 5.38 Å². The number of aromatic nitrogens is 2. The Labute approximate surface area is 136 Å². The molecule has 3 heterocycles. The van der Waals surface area contributed by atoms with Crippen LogP contribution >= 0.6 is 11.5 Å². The van der Waals surface area contributed by atoms with Gasteiger partial charge in [-0.1, -0.05) is 4.49 Å². The largest absolute Gasteiger partial charge is 0.383 e. The summed E-state index contributed by atoms with van der Waals surface area (Å²) in [6.45, 7) is 5.72. The van der Waals surface area contributed by atoms with Crippen LogP contribution in [-0.4, -0.2) is 78.0 Å². The zero-order valence-electron chi connectivity index (χ0n) is 13.5. The quantitative estimate of drug-likeness (QED) is 0.784. The van der Waals surface area contributed by atoms with Crippen LogP contribution in [0.5, 0.6) is 0 Å². The van der Waals surface area contributed by atoms with Gasteiger partial charge < -0.3 is 9.47 Å². The number of nitrogens with zero attached hydrogens (tertiary/aromatic N) is 4. The molecule has 0 aromatic carbocycles. The summed E-state index contributed by atoms with van der Waals surface area (Å²) >= 11 is 1.43. The summed E-state index contributed by atoms with van der Waals surface area (Å²) in [5.41, 5.74) is 1.19. The molecule has 0 radical (unpaired) electrons. The van der Waals surface area contributed by atoms with Gasteiger partial charge in [0, 0.05) is 44.7 Å². The Hall–Kier alpha value is -0.600. The first-order valence-corrected chi connectivity index (χ1v) is 8.86. The number of rotatable bonds is 6. The Morgan fingerprint density at radius 3 is 3.00 bits per heavy atom. The highest BCUT2D eigenvalue weighted by atomic mass is 32.1. The van der Waals surface area contributed by atoms with Crippen molar-refractivity contribution in [1.29, 1.82) is 0 Å². The molecule has 1 unspecified atom stereocenters. The van der Waals surface area contributed by atoms with Gasteiger partial charge in [-0.05, 0) is 37.8 Å². The van der Waals surface area contributed by atoms with E-state index in [1.54, 1.807) is 7.11 Å². The Kier molecular flexibility index (Phi) is 5.41. The molecule has 2 aliphatic rings. The summed E-state index contributed by atoms with van der Waals surface area (Å²) in [7, 11) is 3.94. The summed E-state index contributed by atoms with van der Waals surface area (Å²) in [5, 5.41) is 6.18. The predicted octanol–water partition coefficient (Wildman–Crippen LogP) is 1.24. The van der Waals surface area contributed by atoms with Crippen LogP contribution in [-0.2, 0) is 16.0 Å². The molecule has 3 rings (SSSR count). The van der Waals surface area contributed by atoms with Crippen molar-refractivity contribution in [3.05, 3.63) is 11.1 Å². The van der Waals surface area contributed by atoms with Crippen LogP contribution in [0, 0.1) is 0 Å². The molecule has 1 atom stereocenters. The predicted molar refractivity (Wildman–Crippen MR) is 86.0 cm³/mol. The Balaban J connectivity index is 1.46. The summed E-state index contributed by atoms with van der Waals surface area (Å²) in [5.74, 6) is 0. The van der Waals surface area contributed by atoms with Crippen molar-refractivity contribution in [2.75, 3.05) is 47.0 Å². The first-order valence-electron chi connectivity index (χ1n) is 8.02. The third kappa shape index (κ3) is 3.83. The highest BCUT2D eigenvalue weighted by molar-refractivity contribution is 7.03. The molecule has 0 saturated carbocycles. The molecule has 2 fully saturated rings. The summed E-state index contributed by atoms with van der Waals surface area (Å²) in [6.07, 6.45) is 3.40. The molecule has 22 heavy (non-hydrogen) atoms. The van der Waals surface area contributed by atoms with Crippen LogP contribution in [0.4, 0.5) is 0 Å². The molecule has 6 nitrogen and oxygen atoms in total. The average molecular weight is 326 g/mol. The van der Waals surface area contributed by atoms with Gasteiger partial charge in [0.15, 0.2) is 0 Å². The van der Waals surface area contributed by atoms with Crippen molar-refractivity contribution in [3.8, 4) is 0 Å². The molecule has 124 valence electrons. The van der Waals surface area contributed by atoms with Gasteiger partial charge in [-0.3, -0.25) is 9.80 Å². The van der Waals surface area contributed by atoms with E-state index in [0.717, 1.165) is 64.3 Å². The summed E-state index contributed by atoms with van der Waals surface area (Å²) in [6, 6.07) is 0.532. The van der Waals surface area contributed by atoms with Crippen molar-refractivity contribution in [2.24, 2.45) is 0 Å². The fourth-order valence-electron chi connectivity index (χ4n) is 3.47. The van der Waals surface area contributed by atoms with Crippen LogP contribution in [0.25, 0.3) is 0 Å². The zero-order chi connectivity index (χ0) is 15.4. The van der Waals surface area contributed by atoms with Crippen LogP contribution < -0.4 is 0 Å². The van der Waals surface area contributed by atoms with Crippen molar-refractivity contribution in [1.82, 2.24) is 19.4 Å². The molecular weight excluding hydrogens is 300 g/mol. The Morgan fingerprint density at radius 2 is 2.32 bits per heavy atom. The second kappa shape index (κ2) is 7.31. The smallest absolute Gasteiger partial charge is 0.0895 e. The Morgan fingerprint density at radius 1 is 1.50 bits per heavy atom. The maximum Gasteiger partial charge on any atom is 0.0895 e. The van der Waals surface area contributed by atoms with Crippen molar-refractivity contribution >= 4 is 11.5 Å². The molecule has 1 spiro atoms. The van der Waals surface area contributed by atoms with Gasteiger partial charge in [0.25, 0.3) is 0 Å². The van der Waals surface area contributed by atoms with Gasteiger partial charge in [-0.15, -0.1) is 5.10 Å². The van der Waals surface area contributed by atoms with E-state index in [1.807, 2.05) is 5.38 Å². The summed E-state index contributed by atoms with van der Waals surface area (Å²) in [4.78, 5) is 4.85. The highest BCUT2D eigenvalue weighted by Crippen LogP contribution is 2.37. The van der Waals surface area contributed by atoms with Crippen molar-refractivity contribution in [3.63, 3.8) is 0 Å². The van der Waals surface area contributed by atoms with E-state index >= 15 is 0 Å². The van der Waals surface area contributed by atoms with Crippen LogP contribution in [0.2, 0.25) is 0 Å². The van der Waals surface area contributed by atoms with E-state index < -0.39 is 0 Å². The van der Waals surface area contributed by atoms with Gasteiger partial charge in [0.05, 0.1) is 24.5 Å². The van der Waals surface area contributed by atoms with Gasteiger partial charge >= 0.3 is 0 Å². The number of likely N-dealkylation sites (tertiary alicyclic amines) is 1. The lowest BCUT2D eigenvalue weighted by Gasteiger charge is -2.38. The van der Waals surface area contributed by atoms with E-state index in [-0.39, 0.29) is 5.60 Å². The number of hydrogen-bond acceptors (Lipinski definition) is 7. The highest BCUT2D eigenvalue weighted by Gasteiger charge is 2.43. The Bertz CT molecular complexity index is 448. The van der Waals surface area contributed by atoms with E-state index in [0.29, 0.717) is 6.04 Å².